The van der Waals surface area contributed by atoms with Crippen molar-refractivity contribution < 1.29 is 4.79 Å². The van der Waals surface area contributed by atoms with Crippen molar-refractivity contribution in [1.29, 1.82) is 0 Å². The predicted molar refractivity (Wildman–Crippen MR) is 52.7 cm³/mol. The van der Waals surface area contributed by atoms with E-state index in [0.29, 0.717) is 11.4 Å². The number of aliphatic imine (C=N–C) groups is 1. The fraction of sp³-hybridized carbons (Fsp3) is 0.333. The van der Waals surface area contributed by atoms with Crippen LogP contribution in [0.4, 0.5) is 5.69 Å². The molecule has 4 nitrogen and oxygen atoms in total. The molecule has 0 aromatic carbocycles. The van der Waals surface area contributed by atoms with Crippen molar-refractivity contribution in [3.8, 4) is 0 Å². The van der Waals surface area contributed by atoms with Gasteiger partial charge >= 0.3 is 0 Å². The Morgan fingerprint density at radius 2 is 2.38 bits per heavy atom. The van der Waals surface area contributed by atoms with Gasteiger partial charge in [0.05, 0.1) is 5.69 Å². The van der Waals surface area contributed by atoms with Crippen LogP contribution in [-0.4, -0.2) is 24.2 Å². The molecular formula is C9H13N3O. The molecule has 0 atom stereocenters. The highest BCUT2D eigenvalue weighted by Gasteiger charge is 2.11. The predicted octanol–water partition coefficient (Wildman–Crippen LogP) is 1.40. The molecule has 70 valence electrons. The third-order valence-electron chi connectivity index (χ3n) is 1.65. The highest BCUT2D eigenvalue weighted by Crippen LogP contribution is 2.19. The van der Waals surface area contributed by atoms with Gasteiger partial charge in [-0.1, -0.05) is 0 Å². The van der Waals surface area contributed by atoms with Crippen molar-refractivity contribution in [2.45, 2.75) is 13.8 Å². The second-order valence-electron chi connectivity index (χ2n) is 2.68. The molecule has 4 heteroatoms. The van der Waals surface area contributed by atoms with Crippen molar-refractivity contribution in [3.05, 3.63) is 17.5 Å². The summed E-state index contributed by atoms with van der Waals surface area (Å²) in [6.07, 6.45) is 1.66. The monoisotopic (exact) mass is 179 g/mol. The van der Waals surface area contributed by atoms with Gasteiger partial charge in [-0.05, 0) is 19.9 Å². The van der Waals surface area contributed by atoms with Gasteiger partial charge in [0, 0.05) is 19.0 Å². The topological polar surface area (TPSA) is 57.2 Å². The lowest BCUT2D eigenvalue weighted by Gasteiger charge is -1.96. The maximum atomic E-state index is 11.3. The summed E-state index contributed by atoms with van der Waals surface area (Å²) in [7, 11) is 1.60. The second-order valence-corrected chi connectivity index (χ2v) is 2.68. The van der Waals surface area contributed by atoms with E-state index in [4.69, 9.17) is 0 Å². The zero-order valence-electron chi connectivity index (χ0n) is 8.01. The quantitative estimate of drug-likeness (QED) is 0.662. The number of aromatic nitrogens is 1. The average molecular weight is 179 g/mol. The summed E-state index contributed by atoms with van der Waals surface area (Å²) >= 11 is 0. The smallest absolute Gasteiger partial charge is 0.269 e. The molecule has 1 aromatic rings. The second kappa shape index (κ2) is 3.89. The number of hydrogen-bond acceptors (Lipinski definition) is 2. The van der Waals surface area contributed by atoms with Gasteiger partial charge in [0.25, 0.3) is 5.91 Å². The molecule has 0 saturated heterocycles. The molecular weight excluding hydrogens is 166 g/mol. The lowest BCUT2D eigenvalue weighted by molar-refractivity contribution is 0.0959. The van der Waals surface area contributed by atoms with Gasteiger partial charge in [-0.3, -0.25) is 9.79 Å². The van der Waals surface area contributed by atoms with E-state index in [9.17, 15) is 4.79 Å². The maximum Gasteiger partial charge on any atom is 0.269 e. The normalized spacial score (nSPS) is 10.7. The highest BCUT2D eigenvalue weighted by atomic mass is 16.1. The van der Waals surface area contributed by atoms with Crippen LogP contribution < -0.4 is 5.32 Å². The molecule has 1 rings (SSSR count). The minimum absolute atomic E-state index is 0.145. The standard InChI is InChI=1S/C9H13N3O/c1-4-11-7-5-6(2)12-8(7)9(13)10-3/h4-5,12H,1-3H3,(H,10,13). The summed E-state index contributed by atoms with van der Waals surface area (Å²) in [4.78, 5) is 18.3. The number of carbonyl (C=O) groups is 1. The first-order valence-electron chi connectivity index (χ1n) is 4.09. The average Bonchev–Trinajstić information content (AvgIpc) is 2.46. The van der Waals surface area contributed by atoms with E-state index in [1.807, 2.05) is 19.9 Å². The molecule has 0 radical (unpaired) electrons. The number of nitrogens with zero attached hydrogens (tertiary/aromatic N) is 1. The summed E-state index contributed by atoms with van der Waals surface area (Å²) in [5, 5.41) is 2.55. The summed E-state index contributed by atoms with van der Waals surface area (Å²) in [5.41, 5.74) is 2.12. The van der Waals surface area contributed by atoms with E-state index in [1.54, 1.807) is 13.3 Å². The molecule has 0 aliphatic carbocycles. The number of nitrogens with one attached hydrogen (secondary N) is 2. The zero-order valence-corrected chi connectivity index (χ0v) is 8.01. The van der Waals surface area contributed by atoms with Crippen LogP contribution in [0.3, 0.4) is 0 Å². The molecule has 0 aliphatic heterocycles. The minimum atomic E-state index is -0.145. The molecule has 0 unspecified atom stereocenters. The first kappa shape index (κ1) is 9.51. The maximum absolute atomic E-state index is 11.3. The number of aryl methyl sites for hydroxylation is 1. The molecule has 0 aliphatic rings. The van der Waals surface area contributed by atoms with Crippen LogP contribution in [-0.2, 0) is 0 Å². The Hall–Kier alpha value is -1.58. The molecule has 0 bridgehead atoms. The van der Waals surface area contributed by atoms with E-state index in [0.717, 1.165) is 5.69 Å². The van der Waals surface area contributed by atoms with Gasteiger partial charge in [-0.25, -0.2) is 0 Å². The number of rotatable bonds is 2. The largest absolute Gasteiger partial charge is 0.354 e. The van der Waals surface area contributed by atoms with Crippen molar-refractivity contribution in [3.63, 3.8) is 0 Å². The summed E-state index contributed by atoms with van der Waals surface area (Å²) in [6, 6.07) is 1.84. The van der Waals surface area contributed by atoms with Crippen LogP contribution >= 0.6 is 0 Å². The molecule has 0 saturated carbocycles. The van der Waals surface area contributed by atoms with Crippen molar-refractivity contribution >= 4 is 17.8 Å². The Bertz CT molecular complexity index is 339. The van der Waals surface area contributed by atoms with Gasteiger partial charge in [-0.15, -0.1) is 0 Å². The molecule has 0 spiro atoms. The van der Waals surface area contributed by atoms with Crippen LogP contribution in [0, 0.1) is 6.92 Å². The van der Waals surface area contributed by atoms with Crippen LogP contribution in [0.15, 0.2) is 11.1 Å². The third-order valence-corrected chi connectivity index (χ3v) is 1.65. The SMILES string of the molecule is CC=Nc1cc(C)[nH]c1C(=O)NC. The number of hydrogen-bond donors (Lipinski definition) is 2. The van der Waals surface area contributed by atoms with E-state index in [1.165, 1.54) is 0 Å². The number of H-pyrrole nitrogens is 1. The van der Waals surface area contributed by atoms with Crippen LogP contribution in [0.5, 0.6) is 0 Å². The van der Waals surface area contributed by atoms with Crippen molar-refractivity contribution in [2.24, 2.45) is 4.99 Å². The van der Waals surface area contributed by atoms with Crippen LogP contribution in [0.1, 0.15) is 23.1 Å². The molecule has 1 aromatic heterocycles. The van der Waals surface area contributed by atoms with E-state index in [-0.39, 0.29) is 5.91 Å². The zero-order chi connectivity index (χ0) is 9.84. The van der Waals surface area contributed by atoms with E-state index in [2.05, 4.69) is 15.3 Å². The molecule has 1 heterocycles. The van der Waals surface area contributed by atoms with Crippen LogP contribution in [0.25, 0.3) is 0 Å². The number of amides is 1. The molecule has 1 amide bonds. The summed E-state index contributed by atoms with van der Waals surface area (Å²) in [5.74, 6) is -0.145. The highest BCUT2D eigenvalue weighted by molar-refractivity contribution is 5.97. The van der Waals surface area contributed by atoms with Gasteiger partial charge in [0.1, 0.15) is 5.69 Å². The first-order chi connectivity index (χ1) is 6.19. The number of aromatic amines is 1. The fourth-order valence-electron chi connectivity index (χ4n) is 1.11. The van der Waals surface area contributed by atoms with Gasteiger partial charge in [0.15, 0.2) is 0 Å². The van der Waals surface area contributed by atoms with Gasteiger partial charge in [0.2, 0.25) is 0 Å². The molecule has 13 heavy (non-hydrogen) atoms. The Balaban J connectivity index is 3.11. The van der Waals surface area contributed by atoms with Crippen molar-refractivity contribution in [2.75, 3.05) is 7.05 Å². The van der Waals surface area contributed by atoms with Crippen molar-refractivity contribution in [1.82, 2.24) is 10.3 Å². The lowest BCUT2D eigenvalue weighted by atomic mass is 10.3. The van der Waals surface area contributed by atoms with Gasteiger partial charge in [-0.2, -0.15) is 0 Å². The molecule has 2 N–H and O–H groups in total. The Morgan fingerprint density at radius 3 is 2.92 bits per heavy atom. The van der Waals surface area contributed by atoms with E-state index < -0.39 is 0 Å². The Kier molecular flexibility index (Phi) is 2.84. The molecule has 0 fully saturated rings. The first-order valence-corrected chi connectivity index (χ1v) is 4.09. The minimum Gasteiger partial charge on any atom is -0.354 e. The van der Waals surface area contributed by atoms with E-state index >= 15 is 0 Å². The number of carbonyl (C=O) groups excluding carboxylic acids is 1. The fourth-order valence-corrected chi connectivity index (χ4v) is 1.11. The lowest BCUT2D eigenvalue weighted by Crippen LogP contribution is -2.18. The Labute approximate surface area is 77.1 Å². The van der Waals surface area contributed by atoms with Gasteiger partial charge < -0.3 is 10.3 Å². The summed E-state index contributed by atoms with van der Waals surface area (Å²) in [6.45, 7) is 3.71. The van der Waals surface area contributed by atoms with Crippen LogP contribution in [0.2, 0.25) is 0 Å². The Morgan fingerprint density at radius 1 is 1.69 bits per heavy atom. The third kappa shape index (κ3) is 1.96. The summed E-state index contributed by atoms with van der Waals surface area (Å²) < 4.78 is 0.